The normalized spacial score (nSPS) is 17.0. The Morgan fingerprint density at radius 1 is 0.917 bits per heavy atom. The van der Waals surface area contributed by atoms with E-state index in [9.17, 15) is 9.59 Å². The number of amides is 2. The SMILES string of the molecule is Cc1cc(NC(=O)COc2cccc3c2OC(C)(C)C3)ncc1CCC1(C)Cc2cccc(OCC(=O)N(C)c3ccc(Br)cn3)c2O1. The molecule has 0 fully saturated rings. The van der Waals surface area contributed by atoms with Crippen LogP contribution in [0.1, 0.15) is 49.4 Å². The number of pyridine rings is 2. The maximum Gasteiger partial charge on any atom is 0.265 e. The van der Waals surface area contributed by atoms with Crippen molar-refractivity contribution >= 4 is 39.4 Å². The topological polar surface area (TPSA) is 112 Å². The van der Waals surface area contributed by atoms with Crippen LogP contribution in [0.2, 0.25) is 0 Å². The first-order valence-electron chi connectivity index (χ1n) is 15.9. The highest BCUT2D eigenvalue weighted by molar-refractivity contribution is 9.10. The standard InChI is InChI=1S/C37H39BrN4O6/c1-23-16-30(41-32(43)21-45-28-10-6-8-24-17-36(2,3)47-34(24)28)39-19-26(23)14-15-37(4)18-25-9-7-11-29(35(25)48-37)46-22-33(44)42(5)31-13-12-27(38)20-40-31/h6-13,16,19-20H,14-15,17-18,21-22H2,1-5H3,(H,39,41,43). The van der Waals surface area contributed by atoms with Crippen LogP contribution in [0.25, 0.3) is 0 Å². The van der Waals surface area contributed by atoms with Gasteiger partial charge in [-0.15, -0.1) is 0 Å². The zero-order valence-electron chi connectivity index (χ0n) is 27.8. The van der Waals surface area contributed by atoms with E-state index in [1.165, 1.54) is 4.90 Å². The number of carbonyl (C=O) groups is 2. The second-order valence-corrected chi connectivity index (χ2v) is 14.1. The van der Waals surface area contributed by atoms with Gasteiger partial charge in [-0.2, -0.15) is 0 Å². The Morgan fingerprint density at radius 3 is 2.29 bits per heavy atom. The lowest BCUT2D eigenvalue weighted by Crippen LogP contribution is -2.32. The number of hydrogen-bond donors (Lipinski definition) is 1. The number of anilines is 2. The largest absolute Gasteiger partial charge is 0.483 e. The zero-order chi connectivity index (χ0) is 34.1. The molecule has 250 valence electrons. The van der Waals surface area contributed by atoms with E-state index in [0.29, 0.717) is 41.1 Å². The number of nitrogens with zero attached hydrogens (tertiary/aromatic N) is 3. The van der Waals surface area contributed by atoms with Crippen molar-refractivity contribution < 1.29 is 28.5 Å². The van der Waals surface area contributed by atoms with Crippen LogP contribution in [-0.2, 0) is 28.9 Å². The molecule has 0 saturated heterocycles. The maximum absolute atomic E-state index is 12.8. The quantitative estimate of drug-likeness (QED) is 0.184. The summed E-state index contributed by atoms with van der Waals surface area (Å²) >= 11 is 3.36. The molecule has 4 heterocycles. The van der Waals surface area contributed by atoms with E-state index in [4.69, 9.17) is 18.9 Å². The van der Waals surface area contributed by atoms with Crippen LogP contribution in [0.15, 0.2) is 71.5 Å². The van der Waals surface area contributed by atoms with Crippen molar-refractivity contribution in [3.05, 3.63) is 93.7 Å². The summed E-state index contributed by atoms with van der Waals surface area (Å²) in [4.78, 5) is 35.8. The average molecular weight is 716 g/mol. The van der Waals surface area contributed by atoms with Gasteiger partial charge in [-0.3, -0.25) is 14.5 Å². The number of fused-ring (bicyclic) bond motifs is 2. The maximum atomic E-state index is 12.8. The van der Waals surface area contributed by atoms with Crippen molar-refractivity contribution in [2.24, 2.45) is 0 Å². The fourth-order valence-corrected chi connectivity index (χ4v) is 6.26. The molecule has 0 bridgehead atoms. The summed E-state index contributed by atoms with van der Waals surface area (Å²) in [6, 6.07) is 17.0. The van der Waals surface area contributed by atoms with Crippen LogP contribution < -0.4 is 29.2 Å². The van der Waals surface area contributed by atoms with Gasteiger partial charge >= 0.3 is 0 Å². The van der Waals surface area contributed by atoms with Gasteiger partial charge < -0.3 is 24.3 Å². The smallest absolute Gasteiger partial charge is 0.265 e. The molecule has 11 heteroatoms. The Hall–Kier alpha value is -4.64. The summed E-state index contributed by atoms with van der Waals surface area (Å²) < 4.78 is 25.1. The lowest BCUT2D eigenvalue weighted by Gasteiger charge is -2.25. The third kappa shape index (κ3) is 7.57. The number of hydrogen-bond acceptors (Lipinski definition) is 8. The molecule has 2 aromatic heterocycles. The zero-order valence-corrected chi connectivity index (χ0v) is 29.3. The van der Waals surface area contributed by atoms with Crippen LogP contribution in [0.4, 0.5) is 11.6 Å². The Balaban J connectivity index is 1.01. The van der Waals surface area contributed by atoms with Gasteiger partial charge in [0.05, 0.1) is 0 Å². The molecule has 1 unspecified atom stereocenters. The number of carbonyl (C=O) groups excluding carboxylic acids is 2. The van der Waals surface area contributed by atoms with E-state index >= 15 is 0 Å². The number of para-hydroxylation sites is 2. The molecule has 0 saturated carbocycles. The van der Waals surface area contributed by atoms with E-state index in [1.807, 2.05) is 69.3 Å². The predicted octanol–water partition coefficient (Wildman–Crippen LogP) is 6.65. The highest BCUT2D eigenvalue weighted by Gasteiger charge is 2.37. The first-order valence-corrected chi connectivity index (χ1v) is 16.7. The minimum atomic E-state index is -0.461. The molecule has 0 aliphatic carbocycles. The molecule has 0 spiro atoms. The molecule has 1 N–H and O–H groups in total. The molecule has 2 aliphatic heterocycles. The first kappa shape index (κ1) is 33.3. The Bertz CT molecular complexity index is 1850. The van der Waals surface area contributed by atoms with Gasteiger partial charge in [0.2, 0.25) is 0 Å². The van der Waals surface area contributed by atoms with Crippen molar-refractivity contribution in [1.82, 2.24) is 9.97 Å². The van der Waals surface area contributed by atoms with E-state index < -0.39 is 5.60 Å². The minimum absolute atomic E-state index is 0.147. The second kappa shape index (κ2) is 13.5. The van der Waals surface area contributed by atoms with E-state index in [1.54, 1.807) is 25.5 Å². The van der Waals surface area contributed by atoms with Crippen molar-refractivity contribution in [1.29, 1.82) is 0 Å². The molecule has 48 heavy (non-hydrogen) atoms. The molecular formula is C37H39BrN4O6. The molecule has 10 nitrogen and oxygen atoms in total. The monoisotopic (exact) mass is 714 g/mol. The first-order chi connectivity index (χ1) is 22.9. The van der Waals surface area contributed by atoms with Crippen molar-refractivity contribution in [3.63, 3.8) is 0 Å². The van der Waals surface area contributed by atoms with E-state index in [-0.39, 0.29) is 30.6 Å². The van der Waals surface area contributed by atoms with Crippen LogP contribution >= 0.6 is 15.9 Å². The molecule has 1 atom stereocenters. The van der Waals surface area contributed by atoms with Gasteiger partial charge in [-0.05, 0) is 97.9 Å². The van der Waals surface area contributed by atoms with Gasteiger partial charge in [0.15, 0.2) is 36.2 Å². The van der Waals surface area contributed by atoms with Gasteiger partial charge in [0.1, 0.15) is 22.8 Å². The summed E-state index contributed by atoms with van der Waals surface area (Å²) in [5, 5.41) is 2.84. The van der Waals surface area contributed by atoms with Gasteiger partial charge in [-0.1, -0.05) is 24.3 Å². The van der Waals surface area contributed by atoms with Crippen molar-refractivity contribution in [2.45, 2.75) is 64.6 Å². The minimum Gasteiger partial charge on any atom is -0.483 e. The van der Waals surface area contributed by atoms with Gasteiger partial charge in [0.25, 0.3) is 11.8 Å². The summed E-state index contributed by atoms with van der Waals surface area (Å²) in [6.45, 7) is 7.85. The number of halogens is 1. The van der Waals surface area contributed by atoms with Crippen LogP contribution in [0, 0.1) is 6.92 Å². The molecule has 0 radical (unpaired) electrons. The third-order valence-electron chi connectivity index (χ3n) is 8.58. The predicted molar refractivity (Wildman–Crippen MR) is 186 cm³/mol. The lowest BCUT2D eigenvalue weighted by atomic mass is 9.91. The molecule has 2 amide bonds. The number of aromatic nitrogens is 2. The summed E-state index contributed by atoms with van der Waals surface area (Å²) in [5.41, 5.74) is 3.44. The van der Waals surface area contributed by atoms with Gasteiger partial charge in [-0.25, -0.2) is 9.97 Å². The highest BCUT2D eigenvalue weighted by atomic mass is 79.9. The van der Waals surface area contributed by atoms with Gasteiger partial charge in [0, 0.05) is 47.9 Å². The van der Waals surface area contributed by atoms with Crippen molar-refractivity contribution in [2.75, 3.05) is 30.5 Å². The summed E-state index contributed by atoms with van der Waals surface area (Å²) in [5.74, 6) is 2.95. The number of nitrogens with one attached hydrogen (secondary N) is 1. The number of likely N-dealkylation sites (N-methyl/N-ethyl adjacent to an activating group) is 1. The third-order valence-corrected chi connectivity index (χ3v) is 9.05. The van der Waals surface area contributed by atoms with Crippen LogP contribution in [0.5, 0.6) is 23.0 Å². The van der Waals surface area contributed by atoms with E-state index in [2.05, 4.69) is 38.1 Å². The summed E-state index contributed by atoms with van der Waals surface area (Å²) in [7, 11) is 1.67. The lowest BCUT2D eigenvalue weighted by molar-refractivity contribution is -0.120. The fourth-order valence-electron chi connectivity index (χ4n) is 6.02. The molecule has 2 aliphatic rings. The molecule has 4 aromatic rings. The van der Waals surface area contributed by atoms with E-state index in [0.717, 1.165) is 46.0 Å². The molecule has 2 aromatic carbocycles. The fraction of sp³-hybridized carbons (Fsp3) is 0.351. The second-order valence-electron chi connectivity index (χ2n) is 13.2. The Morgan fingerprint density at radius 2 is 1.60 bits per heavy atom. The van der Waals surface area contributed by atoms with Crippen LogP contribution in [-0.4, -0.2) is 53.2 Å². The Kier molecular flexibility index (Phi) is 9.33. The highest BCUT2D eigenvalue weighted by Crippen LogP contribution is 2.44. The number of rotatable bonds is 11. The number of ether oxygens (including phenoxy) is 4. The Labute approximate surface area is 288 Å². The van der Waals surface area contributed by atoms with Crippen molar-refractivity contribution in [3.8, 4) is 23.0 Å². The molecule has 6 rings (SSSR count). The van der Waals surface area contributed by atoms with Crippen LogP contribution in [0.3, 0.4) is 0 Å². The number of aryl methyl sites for hydroxylation is 2. The summed E-state index contributed by atoms with van der Waals surface area (Å²) in [6.07, 6.45) is 6.42. The number of benzene rings is 2. The average Bonchev–Trinajstić information content (AvgIpc) is 3.57. The molecular weight excluding hydrogens is 676 g/mol.